The van der Waals surface area contributed by atoms with E-state index in [-0.39, 0.29) is 0 Å². The van der Waals surface area contributed by atoms with E-state index in [0.29, 0.717) is 13.2 Å². The van der Waals surface area contributed by atoms with Gasteiger partial charge in [0.15, 0.2) is 0 Å². The smallest absolute Gasteiger partial charge is 0.0721 e. The third-order valence-electron chi connectivity index (χ3n) is 2.43. The van der Waals surface area contributed by atoms with Gasteiger partial charge in [0.2, 0.25) is 0 Å². The molecule has 2 aromatic carbocycles. The van der Waals surface area contributed by atoms with Crippen molar-refractivity contribution >= 4 is 10.8 Å². The lowest BCUT2D eigenvalue weighted by Gasteiger charge is -2.05. The Kier molecular flexibility index (Phi) is 3.37. The minimum atomic E-state index is 0.632. The molecule has 0 bridgehead atoms. The Balaban J connectivity index is 2.10. The molecular formula is C15H16O. The normalized spacial score (nSPS) is 10.6. The molecule has 0 aliphatic heterocycles. The summed E-state index contributed by atoms with van der Waals surface area (Å²) in [6.45, 7) is 7.07. The van der Waals surface area contributed by atoms with E-state index >= 15 is 0 Å². The van der Waals surface area contributed by atoms with Gasteiger partial charge in [-0.25, -0.2) is 0 Å². The van der Waals surface area contributed by atoms with E-state index in [2.05, 4.69) is 49.0 Å². The molecule has 82 valence electrons. The number of rotatable bonds is 4. The van der Waals surface area contributed by atoms with Crippen LogP contribution in [0, 0.1) is 0 Å². The molecule has 0 atom stereocenters. The molecule has 0 aliphatic rings. The highest BCUT2D eigenvalue weighted by Crippen LogP contribution is 2.16. The molecule has 0 amide bonds. The molecule has 2 aromatic rings. The molecule has 0 saturated heterocycles. The molecule has 2 rings (SSSR count). The van der Waals surface area contributed by atoms with Gasteiger partial charge in [-0.05, 0) is 29.3 Å². The molecule has 0 spiro atoms. The molecular weight excluding hydrogens is 196 g/mol. The lowest BCUT2D eigenvalue weighted by atomic mass is 10.1. The molecule has 0 aromatic heterocycles. The van der Waals surface area contributed by atoms with E-state index in [9.17, 15) is 0 Å². The summed E-state index contributed by atoms with van der Waals surface area (Å²) in [5.41, 5.74) is 2.26. The van der Waals surface area contributed by atoms with Crippen LogP contribution in [0.3, 0.4) is 0 Å². The van der Waals surface area contributed by atoms with Gasteiger partial charge in [0, 0.05) is 0 Å². The van der Waals surface area contributed by atoms with Crippen LogP contribution >= 0.6 is 0 Å². The zero-order valence-electron chi connectivity index (χ0n) is 9.57. The molecule has 0 saturated carbocycles. The van der Waals surface area contributed by atoms with Gasteiger partial charge < -0.3 is 4.74 Å². The standard InChI is InChI=1S/C15H16O/c1-12(2)10-16-11-13-7-8-14-5-3-4-6-15(14)9-13/h3-9H,1,10-11H2,2H3. The maximum atomic E-state index is 5.53. The first-order valence-corrected chi connectivity index (χ1v) is 5.45. The number of hydrogen-bond donors (Lipinski definition) is 0. The largest absolute Gasteiger partial charge is 0.372 e. The van der Waals surface area contributed by atoms with Crippen LogP contribution in [0.25, 0.3) is 10.8 Å². The van der Waals surface area contributed by atoms with Gasteiger partial charge in [-0.15, -0.1) is 0 Å². The van der Waals surface area contributed by atoms with E-state index in [0.717, 1.165) is 5.57 Å². The van der Waals surface area contributed by atoms with Gasteiger partial charge in [-0.3, -0.25) is 0 Å². The lowest BCUT2D eigenvalue weighted by Crippen LogP contribution is -1.95. The minimum Gasteiger partial charge on any atom is -0.372 e. The summed E-state index contributed by atoms with van der Waals surface area (Å²) >= 11 is 0. The fourth-order valence-corrected chi connectivity index (χ4v) is 1.67. The molecule has 0 unspecified atom stereocenters. The van der Waals surface area contributed by atoms with Crippen molar-refractivity contribution in [1.29, 1.82) is 0 Å². The second kappa shape index (κ2) is 4.95. The van der Waals surface area contributed by atoms with Crippen molar-refractivity contribution in [3.05, 3.63) is 60.2 Å². The zero-order valence-corrected chi connectivity index (χ0v) is 9.57. The summed E-state index contributed by atoms with van der Waals surface area (Å²) in [4.78, 5) is 0. The van der Waals surface area contributed by atoms with E-state index in [1.165, 1.54) is 16.3 Å². The maximum absolute atomic E-state index is 5.53. The molecule has 1 nitrogen and oxygen atoms in total. The van der Waals surface area contributed by atoms with Gasteiger partial charge in [-0.2, -0.15) is 0 Å². The van der Waals surface area contributed by atoms with Gasteiger partial charge >= 0.3 is 0 Å². The number of ether oxygens (including phenoxy) is 1. The SMILES string of the molecule is C=C(C)COCc1ccc2ccccc2c1. The van der Waals surface area contributed by atoms with Crippen molar-refractivity contribution < 1.29 is 4.74 Å². The summed E-state index contributed by atoms with van der Waals surface area (Å²) in [7, 11) is 0. The summed E-state index contributed by atoms with van der Waals surface area (Å²) < 4.78 is 5.53. The van der Waals surface area contributed by atoms with Gasteiger partial charge in [0.1, 0.15) is 0 Å². The van der Waals surface area contributed by atoms with Crippen LogP contribution in [-0.4, -0.2) is 6.61 Å². The first-order chi connectivity index (χ1) is 7.75. The van der Waals surface area contributed by atoms with Crippen molar-refractivity contribution in [2.75, 3.05) is 6.61 Å². The predicted octanol–water partition coefficient (Wildman–Crippen LogP) is 3.93. The Morgan fingerprint density at radius 2 is 1.88 bits per heavy atom. The summed E-state index contributed by atoms with van der Waals surface area (Å²) in [6.07, 6.45) is 0. The molecule has 0 N–H and O–H groups in total. The Morgan fingerprint density at radius 1 is 1.12 bits per heavy atom. The third-order valence-corrected chi connectivity index (χ3v) is 2.43. The van der Waals surface area contributed by atoms with Crippen LogP contribution in [-0.2, 0) is 11.3 Å². The van der Waals surface area contributed by atoms with Crippen LogP contribution in [0.5, 0.6) is 0 Å². The summed E-state index contributed by atoms with van der Waals surface area (Å²) in [5.74, 6) is 0. The van der Waals surface area contributed by atoms with Crippen molar-refractivity contribution in [3.63, 3.8) is 0 Å². The average Bonchev–Trinajstić information content (AvgIpc) is 2.28. The lowest BCUT2D eigenvalue weighted by molar-refractivity contribution is 0.143. The quantitative estimate of drug-likeness (QED) is 0.698. The highest BCUT2D eigenvalue weighted by molar-refractivity contribution is 5.82. The van der Waals surface area contributed by atoms with Crippen LogP contribution < -0.4 is 0 Å². The monoisotopic (exact) mass is 212 g/mol. The van der Waals surface area contributed by atoms with Crippen molar-refractivity contribution in [2.24, 2.45) is 0 Å². The summed E-state index contributed by atoms with van der Waals surface area (Å²) in [6, 6.07) is 14.8. The van der Waals surface area contributed by atoms with Gasteiger partial charge in [0.05, 0.1) is 13.2 Å². The maximum Gasteiger partial charge on any atom is 0.0721 e. The molecule has 0 aliphatic carbocycles. The molecule has 1 heteroatoms. The van der Waals surface area contributed by atoms with Gasteiger partial charge in [0.25, 0.3) is 0 Å². The fraction of sp³-hybridized carbons (Fsp3) is 0.200. The highest BCUT2D eigenvalue weighted by atomic mass is 16.5. The topological polar surface area (TPSA) is 9.23 Å². The zero-order chi connectivity index (χ0) is 11.4. The molecule has 0 radical (unpaired) electrons. The van der Waals surface area contributed by atoms with Crippen LogP contribution in [0.2, 0.25) is 0 Å². The Hall–Kier alpha value is -1.60. The summed E-state index contributed by atoms with van der Waals surface area (Å²) in [5, 5.41) is 2.53. The van der Waals surface area contributed by atoms with Crippen LogP contribution in [0.15, 0.2) is 54.6 Å². The van der Waals surface area contributed by atoms with Gasteiger partial charge in [-0.1, -0.05) is 48.6 Å². The Labute approximate surface area is 96.4 Å². The van der Waals surface area contributed by atoms with Crippen LogP contribution in [0.1, 0.15) is 12.5 Å². The first kappa shape index (κ1) is 10.9. The van der Waals surface area contributed by atoms with E-state index < -0.39 is 0 Å². The average molecular weight is 212 g/mol. The molecule has 0 heterocycles. The minimum absolute atomic E-state index is 0.632. The Bertz CT molecular complexity index is 500. The molecule has 16 heavy (non-hydrogen) atoms. The first-order valence-electron chi connectivity index (χ1n) is 5.45. The molecule has 0 fully saturated rings. The third kappa shape index (κ3) is 2.71. The van der Waals surface area contributed by atoms with Crippen molar-refractivity contribution in [2.45, 2.75) is 13.5 Å². The van der Waals surface area contributed by atoms with E-state index in [4.69, 9.17) is 4.74 Å². The van der Waals surface area contributed by atoms with E-state index in [1.54, 1.807) is 0 Å². The number of hydrogen-bond acceptors (Lipinski definition) is 1. The van der Waals surface area contributed by atoms with Crippen LogP contribution in [0.4, 0.5) is 0 Å². The number of benzene rings is 2. The predicted molar refractivity (Wildman–Crippen MR) is 68.4 cm³/mol. The second-order valence-electron chi connectivity index (χ2n) is 4.13. The highest BCUT2D eigenvalue weighted by Gasteiger charge is 1.96. The van der Waals surface area contributed by atoms with Crippen molar-refractivity contribution in [1.82, 2.24) is 0 Å². The second-order valence-corrected chi connectivity index (χ2v) is 4.13. The Morgan fingerprint density at radius 3 is 2.62 bits per heavy atom. The van der Waals surface area contributed by atoms with E-state index in [1.807, 2.05) is 6.92 Å². The van der Waals surface area contributed by atoms with Crippen molar-refractivity contribution in [3.8, 4) is 0 Å². The number of fused-ring (bicyclic) bond motifs is 1. The fourth-order valence-electron chi connectivity index (χ4n) is 1.67.